The third-order valence-electron chi connectivity index (χ3n) is 7.02. The second-order valence-electron chi connectivity index (χ2n) is 9.69. The van der Waals surface area contributed by atoms with Gasteiger partial charge in [0.2, 0.25) is 10.0 Å². The molecule has 32 heavy (non-hydrogen) atoms. The van der Waals surface area contributed by atoms with Crippen LogP contribution in [0.4, 0.5) is 0 Å². The summed E-state index contributed by atoms with van der Waals surface area (Å²) in [7, 11) is -2.24. The van der Waals surface area contributed by atoms with Crippen molar-refractivity contribution in [2.45, 2.75) is 44.4 Å². The maximum atomic E-state index is 13.3. The molecule has 10 heteroatoms. The number of Topliss-reactive ketones (excluding diaryl/α,β-unsaturated/α-hetero) is 1. The predicted molar refractivity (Wildman–Crippen MR) is 116 cm³/mol. The normalized spacial score (nSPS) is 24.4. The summed E-state index contributed by atoms with van der Waals surface area (Å²) < 4.78 is 33.2. The molecular formula is C22H27N5O4S. The molecule has 0 radical (unpaired) electrons. The molecule has 1 aromatic heterocycles. The van der Waals surface area contributed by atoms with Gasteiger partial charge >= 0.3 is 0 Å². The topological polar surface area (TPSA) is 113 Å². The SMILES string of the molecule is COc1cncc(S(=O)(=O)N2CCC3(CC2)C2=C(N=NC2)NC2=C3C(=O)CC(C)(C)C2)c1. The van der Waals surface area contributed by atoms with Crippen LogP contribution in [0.5, 0.6) is 5.75 Å². The van der Waals surface area contributed by atoms with Gasteiger partial charge < -0.3 is 10.1 Å². The molecule has 3 aliphatic heterocycles. The van der Waals surface area contributed by atoms with Crippen molar-refractivity contribution < 1.29 is 17.9 Å². The Kier molecular flexibility index (Phi) is 4.79. The second-order valence-corrected chi connectivity index (χ2v) is 11.6. The summed E-state index contributed by atoms with van der Waals surface area (Å²) in [6.07, 6.45) is 5.13. The van der Waals surface area contributed by atoms with E-state index >= 15 is 0 Å². The predicted octanol–water partition coefficient (Wildman–Crippen LogP) is 2.78. The number of rotatable bonds is 3. The lowest BCUT2D eigenvalue weighted by Crippen LogP contribution is -2.50. The summed E-state index contributed by atoms with van der Waals surface area (Å²) in [4.78, 5) is 17.4. The molecule has 1 spiro atoms. The number of sulfonamides is 1. The van der Waals surface area contributed by atoms with Gasteiger partial charge in [-0.05, 0) is 24.7 Å². The van der Waals surface area contributed by atoms with Crippen LogP contribution >= 0.6 is 0 Å². The van der Waals surface area contributed by atoms with E-state index in [-0.39, 0.29) is 16.1 Å². The first-order chi connectivity index (χ1) is 15.2. The quantitative estimate of drug-likeness (QED) is 0.747. The number of piperidine rings is 1. The van der Waals surface area contributed by atoms with Gasteiger partial charge in [-0.2, -0.15) is 9.42 Å². The Balaban J connectivity index is 1.48. The van der Waals surface area contributed by atoms with E-state index in [1.807, 2.05) is 0 Å². The van der Waals surface area contributed by atoms with Crippen LogP contribution in [0.15, 0.2) is 56.2 Å². The number of hydrogen-bond acceptors (Lipinski definition) is 8. The largest absolute Gasteiger partial charge is 0.495 e. The Morgan fingerprint density at radius 2 is 1.91 bits per heavy atom. The number of nitrogens with zero attached hydrogens (tertiary/aromatic N) is 4. The first-order valence-electron chi connectivity index (χ1n) is 10.8. The van der Waals surface area contributed by atoms with Gasteiger partial charge in [-0.3, -0.25) is 9.78 Å². The molecule has 1 aliphatic carbocycles. The molecule has 5 rings (SSSR count). The number of ether oxygens (including phenoxy) is 1. The maximum Gasteiger partial charge on any atom is 0.244 e. The molecule has 1 fully saturated rings. The summed E-state index contributed by atoms with van der Waals surface area (Å²) >= 11 is 0. The molecule has 9 nitrogen and oxygen atoms in total. The van der Waals surface area contributed by atoms with Crippen molar-refractivity contribution in [3.8, 4) is 5.75 Å². The Labute approximate surface area is 187 Å². The monoisotopic (exact) mass is 457 g/mol. The Bertz CT molecular complexity index is 1190. The smallest absolute Gasteiger partial charge is 0.244 e. The molecule has 0 atom stereocenters. The van der Waals surface area contributed by atoms with Crippen molar-refractivity contribution in [2.24, 2.45) is 21.1 Å². The number of hydrogen-bond donors (Lipinski definition) is 1. The van der Waals surface area contributed by atoms with Crippen LogP contribution < -0.4 is 10.1 Å². The Morgan fingerprint density at radius 3 is 2.62 bits per heavy atom. The van der Waals surface area contributed by atoms with Crippen LogP contribution in [0.2, 0.25) is 0 Å². The first kappa shape index (κ1) is 21.3. The lowest BCUT2D eigenvalue weighted by Gasteiger charge is -2.48. The van der Waals surface area contributed by atoms with Gasteiger partial charge in [0.1, 0.15) is 10.6 Å². The summed E-state index contributed by atoms with van der Waals surface area (Å²) in [6.45, 7) is 5.26. The maximum absolute atomic E-state index is 13.3. The highest BCUT2D eigenvalue weighted by molar-refractivity contribution is 7.89. The number of aromatic nitrogens is 1. The number of carbonyl (C=O) groups is 1. The molecule has 1 saturated heterocycles. The minimum absolute atomic E-state index is 0.110. The highest BCUT2D eigenvalue weighted by atomic mass is 32.2. The van der Waals surface area contributed by atoms with E-state index in [1.165, 1.54) is 29.9 Å². The molecule has 0 unspecified atom stereocenters. The standard InChI is InChI=1S/C22H27N5O4S/c1-21(2)9-17-19(18(28)10-21)22(16-13-24-26-20(16)25-17)4-6-27(7-5-22)32(29,30)15-8-14(31-3)11-23-12-15/h8,11-12,25H,4-7,9-10,13H2,1-3H3. The zero-order valence-corrected chi connectivity index (χ0v) is 19.3. The van der Waals surface area contributed by atoms with E-state index in [9.17, 15) is 13.2 Å². The highest BCUT2D eigenvalue weighted by Crippen LogP contribution is 2.55. The number of ketones is 1. The molecule has 0 saturated carbocycles. The molecule has 0 aromatic carbocycles. The van der Waals surface area contributed by atoms with Crippen molar-refractivity contribution >= 4 is 15.8 Å². The molecule has 170 valence electrons. The van der Waals surface area contributed by atoms with Crippen molar-refractivity contribution in [1.29, 1.82) is 0 Å². The van der Waals surface area contributed by atoms with Crippen LogP contribution in [0.3, 0.4) is 0 Å². The van der Waals surface area contributed by atoms with Gasteiger partial charge in [0.05, 0.1) is 19.9 Å². The zero-order chi connectivity index (χ0) is 22.7. The average Bonchev–Trinajstić information content (AvgIpc) is 3.22. The van der Waals surface area contributed by atoms with Crippen LogP contribution in [0.1, 0.15) is 39.5 Å². The van der Waals surface area contributed by atoms with Crippen molar-refractivity contribution in [3.05, 3.63) is 41.1 Å². The number of fused-ring (bicyclic) bond motifs is 2. The van der Waals surface area contributed by atoms with E-state index in [0.29, 0.717) is 44.6 Å². The Hall–Kier alpha value is -2.59. The van der Waals surface area contributed by atoms with Gasteiger partial charge in [-0.1, -0.05) is 13.8 Å². The van der Waals surface area contributed by atoms with E-state index in [0.717, 1.165) is 29.1 Å². The number of dihydropyridines is 1. The van der Waals surface area contributed by atoms with Crippen LogP contribution in [-0.2, 0) is 14.8 Å². The number of allylic oxidation sites excluding steroid dienone is 2. The van der Waals surface area contributed by atoms with Crippen LogP contribution in [-0.4, -0.2) is 50.2 Å². The number of pyridine rings is 1. The van der Waals surface area contributed by atoms with Gasteiger partial charge in [0.15, 0.2) is 11.6 Å². The van der Waals surface area contributed by atoms with E-state index in [4.69, 9.17) is 4.74 Å². The van der Waals surface area contributed by atoms with E-state index in [1.54, 1.807) is 0 Å². The molecule has 1 N–H and O–H groups in total. The zero-order valence-electron chi connectivity index (χ0n) is 18.5. The summed E-state index contributed by atoms with van der Waals surface area (Å²) in [5, 5.41) is 11.9. The summed E-state index contributed by atoms with van der Waals surface area (Å²) in [6, 6.07) is 1.49. The molecule has 0 bridgehead atoms. The molecule has 4 aliphatic rings. The minimum Gasteiger partial charge on any atom is -0.495 e. The summed E-state index contributed by atoms with van der Waals surface area (Å²) in [5.41, 5.74) is 2.14. The molecular weight excluding hydrogens is 430 g/mol. The highest BCUT2D eigenvalue weighted by Gasteiger charge is 2.53. The Morgan fingerprint density at radius 1 is 1.16 bits per heavy atom. The van der Waals surface area contributed by atoms with Gasteiger partial charge in [0, 0.05) is 54.0 Å². The van der Waals surface area contributed by atoms with E-state index in [2.05, 4.69) is 34.4 Å². The number of methoxy groups -OCH3 is 1. The average molecular weight is 458 g/mol. The third kappa shape index (κ3) is 3.19. The number of nitrogens with one attached hydrogen (secondary N) is 1. The van der Waals surface area contributed by atoms with Gasteiger partial charge in [-0.25, -0.2) is 8.42 Å². The van der Waals surface area contributed by atoms with Crippen LogP contribution in [0, 0.1) is 10.8 Å². The van der Waals surface area contributed by atoms with Crippen molar-refractivity contribution in [2.75, 3.05) is 26.7 Å². The van der Waals surface area contributed by atoms with E-state index < -0.39 is 15.4 Å². The first-order valence-corrected chi connectivity index (χ1v) is 12.2. The van der Waals surface area contributed by atoms with Gasteiger partial charge in [0.25, 0.3) is 0 Å². The van der Waals surface area contributed by atoms with Crippen molar-refractivity contribution in [3.63, 3.8) is 0 Å². The van der Waals surface area contributed by atoms with Crippen molar-refractivity contribution in [1.82, 2.24) is 14.6 Å². The molecule has 0 amide bonds. The fraction of sp³-hybridized carbons (Fsp3) is 0.545. The minimum atomic E-state index is -3.72. The second kappa shape index (κ2) is 7.21. The fourth-order valence-corrected chi connectivity index (χ4v) is 6.95. The fourth-order valence-electron chi connectivity index (χ4n) is 5.53. The lowest BCUT2D eigenvalue weighted by atomic mass is 9.60. The number of carbonyl (C=O) groups excluding carboxylic acids is 1. The molecule has 4 heterocycles. The number of azo groups is 1. The third-order valence-corrected chi connectivity index (χ3v) is 8.89. The summed E-state index contributed by atoms with van der Waals surface area (Å²) in [5.74, 6) is 1.28. The molecule has 1 aromatic rings. The van der Waals surface area contributed by atoms with Gasteiger partial charge in [-0.15, -0.1) is 5.11 Å². The van der Waals surface area contributed by atoms with Crippen LogP contribution in [0.25, 0.3) is 0 Å². The lowest BCUT2D eigenvalue weighted by molar-refractivity contribution is -0.119.